The third kappa shape index (κ3) is 8.30. The highest BCUT2D eigenvalue weighted by Gasteiger charge is 2.59. The molecule has 3 fully saturated rings. The van der Waals surface area contributed by atoms with Gasteiger partial charge in [-0.3, -0.25) is 4.79 Å². The van der Waals surface area contributed by atoms with Crippen molar-refractivity contribution in [1.82, 2.24) is 4.90 Å². The van der Waals surface area contributed by atoms with Gasteiger partial charge in [0.15, 0.2) is 5.75 Å². The Morgan fingerprint density at radius 2 is 1.67 bits per heavy atom. The molecule has 48 heavy (non-hydrogen) atoms. The van der Waals surface area contributed by atoms with Gasteiger partial charge in [0.2, 0.25) is 5.91 Å². The topological polar surface area (TPSA) is 130 Å². The first kappa shape index (κ1) is 38.0. The molecular formula is C36H56BNO10. The van der Waals surface area contributed by atoms with Crippen LogP contribution in [0.3, 0.4) is 0 Å². The van der Waals surface area contributed by atoms with Gasteiger partial charge in [-0.2, -0.15) is 0 Å². The number of hydrogen-bond donors (Lipinski definition) is 1. The molecule has 1 aromatic rings. The van der Waals surface area contributed by atoms with Crippen LogP contribution in [0.15, 0.2) is 12.1 Å². The Bertz CT molecular complexity index is 1360. The minimum Gasteiger partial charge on any atom is -0.486 e. The number of benzene rings is 1. The fourth-order valence-corrected chi connectivity index (χ4v) is 6.72. The number of hydrogen-bond acceptors (Lipinski definition) is 10. The van der Waals surface area contributed by atoms with Crippen LogP contribution in [0.2, 0.25) is 6.32 Å². The van der Waals surface area contributed by atoms with E-state index in [1.165, 1.54) is 0 Å². The average Bonchev–Trinajstić information content (AvgIpc) is 3.26. The monoisotopic (exact) mass is 673 g/mol. The number of aliphatic hydroxyl groups is 1. The van der Waals surface area contributed by atoms with E-state index in [2.05, 4.69) is 34.6 Å². The highest BCUT2D eigenvalue weighted by Crippen LogP contribution is 2.54. The molecule has 12 heteroatoms. The standard InChI is InChI=1S/C36H56BNO10/c1-21(20-39)30(40)38-18-25(19-38)43-26-14-13-24(15-16-37-47-27-17-22(2)35(10,11)23(3)36(27,12)48-37)29(44-32(42)46-34(7,8)9)28(26)31(41)45-33(4,5)6/h13-14,21-23,25,27,39H,15-20H2,1-12H3/t21-,22+,23+,27-,36+/m1/s1. The molecule has 268 valence electrons. The molecule has 11 nitrogen and oxygen atoms in total. The number of aryl methyl sites for hydroxylation is 1. The number of rotatable bonds is 9. The van der Waals surface area contributed by atoms with E-state index in [1.54, 1.807) is 65.5 Å². The number of carbonyl (C=O) groups is 3. The largest absolute Gasteiger partial charge is 0.514 e. The fraction of sp³-hybridized carbons (Fsp3) is 0.750. The first-order valence-corrected chi connectivity index (χ1v) is 17.2. The van der Waals surface area contributed by atoms with Crippen LogP contribution in [-0.2, 0) is 30.0 Å². The van der Waals surface area contributed by atoms with Crippen LogP contribution >= 0.6 is 0 Å². The number of ether oxygens (including phenoxy) is 4. The summed E-state index contributed by atoms with van der Waals surface area (Å²) < 4.78 is 36.5. The summed E-state index contributed by atoms with van der Waals surface area (Å²) in [5, 5.41) is 9.39. The van der Waals surface area contributed by atoms with Gasteiger partial charge in [0.1, 0.15) is 28.6 Å². The zero-order chi connectivity index (χ0) is 36.0. The van der Waals surface area contributed by atoms with Crippen molar-refractivity contribution < 1.29 is 47.7 Å². The van der Waals surface area contributed by atoms with Crippen LogP contribution < -0.4 is 9.47 Å². The Kier molecular flexibility index (Phi) is 10.9. The van der Waals surface area contributed by atoms with Gasteiger partial charge >= 0.3 is 19.2 Å². The molecule has 1 amide bonds. The first-order chi connectivity index (χ1) is 22.1. The maximum Gasteiger partial charge on any atom is 0.514 e. The molecular weight excluding hydrogens is 617 g/mol. The van der Waals surface area contributed by atoms with Gasteiger partial charge in [-0.25, -0.2) is 9.59 Å². The molecule has 1 aromatic carbocycles. The Morgan fingerprint density at radius 1 is 1.04 bits per heavy atom. The van der Waals surface area contributed by atoms with Crippen LogP contribution in [0, 0.1) is 23.2 Å². The quantitative estimate of drug-likeness (QED) is 0.187. The van der Waals surface area contributed by atoms with Gasteiger partial charge in [0.25, 0.3) is 0 Å². The maximum absolute atomic E-state index is 13.8. The number of nitrogens with zero attached hydrogens (tertiary/aromatic N) is 1. The number of aliphatic hydroxyl groups excluding tert-OH is 1. The third-order valence-electron chi connectivity index (χ3n) is 10.3. The molecule has 0 unspecified atom stereocenters. The van der Waals surface area contributed by atoms with Crippen LogP contribution in [0.25, 0.3) is 0 Å². The first-order valence-electron chi connectivity index (χ1n) is 17.2. The zero-order valence-electron chi connectivity index (χ0n) is 30.9. The lowest BCUT2D eigenvalue weighted by Crippen LogP contribution is -2.57. The lowest BCUT2D eigenvalue weighted by atomic mass is 9.57. The van der Waals surface area contributed by atoms with Gasteiger partial charge in [-0.15, -0.1) is 0 Å². The summed E-state index contributed by atoms with van der Waals surface area (Å²) >= 11 is 0. The van der Waals surface area contributed by atoms with E-state index in [-0.39, 0.29) is 60.1 Å². The number of likely N-dealkylation sites (tertiary alicyclic amines) is 1. The summed E-state index contributed by atoms with van der Waals surface area (Å²) in [6.45, 7) is 23.6. The van der Waals surface area contributed by atoms with Crippen molar-refractivity contribution in [1.29, 1.82) is 0 Å². The lowest BCUT2D eigenvalue weighted by Gasteiger charge is -2.53. The van der Waals surface area contributed by atoms with Crippen LogP contribution in [0.1, 0.15) is 105 Å². The number of amides is 1. The second-order valence-corrected chi connectivity index (χ2v) is 16.6. The van der Waals surface area contributed by atoms with Crippen LogP contribution in [0.5, 0.6) is 11.5 Å². The molecule has 4 rings (SSSR count). The van der Waals surface area contributed by atoms with E-state index < -0.39 is 48.1 Å². The van der Waals surface area contributed by atoms with Gasteiger partial charge in [0.05, 0.1) is 37.3 Å². The summed E-state index contributed by atoms with van der Waals surface area (Å²) in [6, 6.07) is 3.43. The van der Waals surface area contributed by atoms with Gasteiger partial charge in [-0.1, -0.05) is 40.7 Å². The van der Waals surface area contributed by atoms with Gasteiger partial charge in [-0.05, 0) is 96.5 Å². The van der Waals surface area contributed by atoms with Crippen molar-refractivity contribution in [2.24, 2.45) is 23.2 Å². The average molecular weight is 674 g/mol. The summed E-state index contributed by atoms with van der Waals surface area (Å²) in [7, 11) is -0.487. The van der Waals surface area contributed by atoms with E-state index in [4.69, 9.17) is 28.3 Å². The van der Waals surface area contributed by atoms with E-state index in [1.807, 2.05) is 0 Å². The smallest absolute Gasteiger partial charge is 0.486 e. The molecule has 0 radical (unpaired) electrons. The fourth-order valence-electron chi connectivity index (χ4n) is 6.72. The molecule has 2 saturated heterocycles. The Morgan fingerprint density at radius 3 is 2.25 bits per heavy atom. The summed E-state index contributed by atoms with van der Waals surface area (Å²) in [5.41, 5.74) is -1.54. The molecule has 1 aliphatic carbocycles. The van der Waals surface area contributed by atoms with Gasteiger partial charge in [0, 0.05) is 0 Å². The van der Waals surface area contributed by atoms with E-state index >= 15 is 0 Å². The molecule has 0 spiro atoms. The van der Waals surface area contributed by atoms with Crippen molar-refractivity contribution in [2.45, 2.75) is 131 Å². The summed E-state index contributed by atoms with van der Waals surface area (Å²) in [4.78, 5) is 41.0. The molecule has 1 saturated carbocycles. The summed E-state index contributed by atoms with van der Waals surface area (Å²) in [5.74, 6) is -0.548. The molecule has 0 aromatic heterocycles. The van der Waals surface area contributed by atoms with E-state index in [0.717, 1.165) is 6.42 Å². The second-order valence-electron chi connectivity index (χ2n) is 16.6. The SMILES string of the molecule is C[C@H](CO)C(=O)N1CC(Oc2ccc(CCB3O[C@@H]4C[C@H](C)C(C)(C)[C@H](C)[C@]4(C)O3)c(OC(=O)OC(C)(C)C)c2C(=O)OC(C)(C)C)C1. The predicted molar refractivity (Wildman–Crippen MR) is 181 cm³/mol. The van der Waals surface area contributed by atoms with Crippen molar-refractivity contribution >= 4 is 25.2 Å². The Hall–Kier alpha value is -2.83. The van der Waals surface area contributed by atoms with Crippen molar-refractivity contribution in [3.05, 3.63) is 23.3 Å². The molecule has 0 bridgehead atoms. The number of fused-ring (bicyclic) bond motifs is 1. The highest BCUT2D eigenvalue weighted by molar-refractivity contribution is 6.45. The molecule has 2 aliphatic heterocycles. The Balaban J connectivity index is 1.64. The number of carbonyl (C=O) groups excluding carboxylic acids is 3. The second kappa shape index (κ2) is 13.8. The molecule has 2 heterocycles. The lowest BCUT2D eigenvalue weighted by molar-refractivity contribution is -0.145. The summed E-state index contributed by atoms with van der Waals surface area (Å²) in [6.07, 6.45) is 0.282. The molecule has 5 atom stereocenters. The van der Waals surface area contributed by atoms with Crippen molar-refractivity contribution in [2.75, 3.05) is 19.7 Å². The number of esters is 1. The molecule has 3 aliphatic rings. The van der Waals surface area contributed by atoms with E-state index in [0.29, 0.717) is 24.2 Å². The normalized spacial score (nSPS) is 26.3. The van der Waals surface area contributed by atoms with Crippen molar-refractivity contribution in [3.63, 3.8) is 0 Å². The van der Waals surface area contributed by atoms with Crippen LogP contribution in [-0.4, -0.2) is 83.9 Å². The zero-order valence-corrected chi connectivity index (χ0v) is 30.9. The van der Waals surface area contributed by atoms with E-state index in [9.17, 15) is 19.5 Å². The third-order valence-corrected chi connectivity index (χ3v) is 10.3. The highest BCUT2D eigenvalue weighted by atomic mass is 16.7. The molecule has 1 N–H and O–H groups in total. The minimum atomic E-state index is -0.971. The maximum atomic E-state index is 13.8. The minimum absolute atomic E-state index is 0.0121. The van der Waals surface area contributed by atoms with Crippen LogP contribution in [0.4, 0.5) is 4.79 Å². The van der Waals surface area contributed by atoms with Gasteiger partial charge < -0.3 is 38.3 Å². The predicted octanol–water partition coefficient (Wildman–Crippen LogP) is 6.08. The Labute approximate surface area is 286 Å². The van der Waals surface area contributed by atoms with Crippen molar-refractivity contribution in [3.8, 4) is 11.5 Å².